The summed E-state index contributed by atoms with van der Waals surface area (Å²) >= 11 is 0. The number of fused-ring (bicyclic) bond motifs is 5. The first-order valence-corrected chi connectivity index (χ1v) is 13.5. The number of benzene rings is 4. The summed E-state index contributed by atoms with van der Waals surface area (Å²) < 4.78 is 6.38. The molecule has 0 fully saturated rings. The molecule has 0 saturated heterocycles. The van der Waals surface area contributed by atoms with Crippen LogP contribution in [0.5, 0.6) is 11.5 Å². The smallest absolute Gasteiger partial charge is 0.160 e. The molecule has 8 rings (SSSR count). The van der Waals surface area contributed by atoms with E-state index < -0.39 is 5.41 Å². The maximum absolute atomic E-state index is 9.92. The highest BCUT2D eigenvalue weighted by Gasteiger charge is 2.48. The van der Waals surface area contributed by atoms with E-state index in [1.54, 1.807) is 6.20 Å². The topological polar surface area (TPSA) is 71.7 Å². The van der Waals surface area contributed by atoms with Crippen LogP contribution in [0.1, 0.15) is 29.2 Å². The molecule has 0 radical (unpaired) electrons. The third-order valence-electron chi connectivity index (χ3n) is 8.25. The minimum Gasteiger partial charge on any atom is -0.455 e. The van der Waals surface area contributed by atoms with Gasteiger partial charge in [-0.1, -0.05) is 72.8 Å². The number of hydrogen-bond acceptors (Lipinski definition) is 5. The number of nitrogens with zero attached hydrogens (tertiary/aromatic N) is 4. The van der Waals surface area contributed by atoms with Gasteiger partial charge >= 0.3 is 0 Å². The van der Waals surface area contributed by atoms with Gasteiger partial charge in [0.15, 0.2) is 5.82 Å². The van der Waals surface area contributed by atoms with Gasteiger partial charge in [0.2, 0.25) is 0 Å². The van der Waals surface area contributed by atoms with Gasteiger partial charge in [-0.25, -0.2) is 9.97 Å². The fraction of sp³-hybridized carbons (Fsp3) is 0.0556. The molecule has 4 aromatic carbocycles. The maximum Gasteiger partial charge on any atom is 0.160 e. The summed E-state index contributed by atoms with van der Waals surface area (Å²) in [5.41, 5.74) is 9.92. The summed E-state index contributed by atoms with van der Waals surface area (Å²) in [6.07, 6.45) is 1.78. The lowest BCUT2D eigenvalue weighted by molar-refractivity contribution is 0.430. The van der Waals surface area contributed by atoms with Crippen molar-refractivity contribution in [1.82, 2.24) is 15.0 Å². The minimum absolute atomic E-state index is 0.444. The van der Waals surface area contributed by atoms with Gasteiger partial charge in [-0.2, -0.15) is 5.26 Å². The minimum atomic E-state index is -0.444. The van der Waals surface area contributed by atoms with E-state index in [4.69, 9.17) is 14.7 Å². The van der Waals surface area contributed by atoms with Gasteiger partial charge in [-0.15, -0.1) is 0 Å². The van der Waals surface area contributed by atoms with Crippen LogP contribution in [0.15, 0.2) is 115 Å². The molecule has 0 N–H and O–H groups in total. The van der Waals surface area contributed by atoms with Gasteiger partial charge in [0.1, 0.15) is 17.6 Å². The van der Waals surface area contributed by atoms with Crippen molar-refractivity contribution < 1.29 is 4.74 Å². The molecule has 1 aliphatic heterocycles. The molecule has 192 valence electrons. The van der Waals surface area contributed by atoms with Gasteiger partial charge in [-0.05, 0) is 60.0 Å². The van der Waals surface area contributed by atoms with Crippen LogP contribution in [0.2, 0.25) is 0 Å². The number of ether oxygens (including phenoxy) is 1. The lowest BCUT2D eigenvalue weighted by Crippen LogP contribution is -2.27. The zero-order valence-corrected chi connectivity index (χ0v) is 22.2. The van der Waals surface area contributed by atoms with Gasteiger partial charge in [0.25, 0.3) is 0 Å². The molecule has 2 aliphatic rings. The first-order chi connectivity index (χ1) is 20.1. The quantitative estimate of drug-likeness (QED) is 0.232. The second-order valence-electron chi connectivity index (χ2n) is 10.5. The van der Waals surface area contributed by atoms with Crippen LogP contribution < -0.4 is 4.74 Å². The molecule has 0 saturated carbocycles. The van der Waals surface area contributed by atoms with Gasteiger partial charge in [0, 0.05) is 28.5 Å². The molecule has 1 aliphatic carbocycles. The summed E-state index contributed by atoms with van der Waals surface area (Å²) in [5, 5.41) is 9.92. The van der Waals surface area contributed by atoms with Crippen molar-refractivity contribution in [1.29, 1.82) is 5.26 Å². The molecule has 1 atom stereocenters. The van der Waals surface area contributed by atoms with Crippen LogP contribution in [0.25, 0.3) is 45.2 Å². The van der Waals surface area contributed by atoms with E-state index in [1.165, 1.54) is 5.56 Å². The molecular weight excluding hydrogens is 504 g/mol. The first kappa shape index (κ1) is 23.3. The van der Waals surface area contributed by atoms with Crippen molar-refractivity contribution >= 4 is 0 Å². The average Bonchev–Trinajstić information content (AvgIpc) is 3.31. The molecule has 1 unspecified atom stereocenters. The fourth-order valence-corrected chi connectivity index (χ4v) is 6.31. The SMILES string of the molecule is CC12c3ccccc3Oc3c(C#N)ccc(c31)-c1cc(-c3cc(-c4ccccn4)nc(-c4ccccc4)n3)ccc12. The van der Waals surface area contributed by atoms with Crippen molar-refractivity contribution in [3.8, 4) is 62.7 Å². The zero-order valence-electron chi connectivity index (χ0n) is 22.2. The summed E-state index contributed by atoms with van der Waals surface area (Å²) in [6.45, 7) is 2.24. The number of aromatic nitrogens is 3. The summed E-state index contributed by atoms with van der Waals surface area (Å²) in [5.74, 6) is 2.09. The second-order valence-corrected chi connectivity index (χ2v) is 10.5. The van der Waals surface area contributed by atoms with E-state index in [0.29, 0.717) is 17.1 Å². The number of nitriles is 1. The predicted molar refractivity (Wildman–Crippen MR) is 158 cm³/mol. The highest BCUT2D eigenvalue weighted by molar-refractivity contribution is 5.90. The third-order valence-corrected chi connectivity index (χ3v) is 8.25. The van der Waals surface area contributed by atoms with Crippen LogP contribution in [-0.4, -0.2) is 15.0 Å². The van der Waals surface area contributed by atoms with E-state index in [2.05, 4.69) is 48.3 Å². The Morgan fingerprint density at radius 1 is 0.683 bits per heavy atom. The van der Waals surface area contributed by atoms with E-state index in [1.807, 2.05) is 78.9 Å². The summed E-state index contributed by atoms with van der Waals surface area (Å²) in [6, 6.07) is 38.8. The van der Waals surface area contributed by atoms with Crippen LogP contribution in [0, 0.1) is 11.3 Å². The van der Waals surface area contributed by atoms with Crippen molar-refractivity contribution in [3.63, 3.8) is 0 Å². The second kappa shape index (κ2) is 8.70. The molecule has 41 heavy (non-hydrogen) atoms. The lowest BCUT2D eigenvalue weighted by atomic mass is 9.72. The lowest BCUT2D eigenvalue weighted by Gasteiger charge is -2.35. The van der Waals surface area contributed by atoms with E-state index >= 15 is 0 Å². The van der Waals surface area contributed by atoms with Gasteiger partial charge in [-0.3, -0.25) is 4.98 Å². The van der Waals surface area contributed by atoms with Crippen molar-refractivity contribution in [2.75, 3.05) is 0 Å². The third kappa shape index (κ3) is 3.38. The molecule has 3 heterocycles. The summed E-state index contributed by atoms with van der Waals surface area (Å²) in [7, 11) is 0. The first-order valence-electron chi connectivity index (χ1n) is 13.5. The fourth-order valence-electron chi connectivity index (χ4n) is 6.31. The predicted octanol–water partition coefficient (Wildman–Crippen LogP) is 8.18. The van der Waals surface area contributed by atoms with Crippen LogP contribution in [-0.2, 0) is 5.41 Å². The largest absolute Gasteiger partial charge is 0.455 e. The average molecular weight is 527 g/mol. The molecule has 0 bridgehead atoms. The molecule has 0 spiro atoms. The van der Waals surface area contributed by atoms with Crippen LogP contribution in [0.4, 0.5) is 0 Å². The van der Waals surface area contributed by atoms with Crippen molar-refractivity contribution in [2.24, 2.45) is 0 Å². The summed E-state index contributed by atoms with van der Waals surface area (Å²) in [4.78, 5) is 14.5. The monoisotopic (exact) mass is 526 g/mol. The Morgan fingerprint density at radius 2 is 1.49 bits per heavy atom. The molecule has 2 aromatic heterocycles. The van der Waals surface area contributed by atoms with Crippen molar-refractivity contribution in [3.05, 3.63) is 138 Å². The number of rotatable bonds is 3. The standard InChI is InChI=1S/C36H22N4O/c1-36-27-17-15-23(30-20-31(29-12-7-8-18-38-29)40-35(39-30)22-9-3-2-4-10-22)19-26(27)25-16-14-24(21-37)34(33(25)36)41-32-13-6-5-11-28(32)36/h2-20H,1H3. The Kier molecular flexibility index (Phi) is 4.95. The van der Waals surface area contributed by atoms with Gasteiger partial charge in [0.05, 0.1) is 28.1 Å². The molecular formula is C36H22N4O. The number of para-hydroxylation sites is 1. The number of pyridine rings is 1. The molecule has 6 aromatic rings. The van der Waals surface area contributed by atoms with E-state index in [0.717, 1.165) is 56.2 Å². The van der Waals surface area contributed by atoms with Gasteiger partial charge < -0.3 is 4.74 Å². The Labute approximate surface area is 237 Å². The van der Waals surface area contributed by atoms with E-state index in [9.17, 15) is 5.26 Å². The Balaban J connectivity index is 1.36. The molecule has 5 heteroatoms. The number of hydrogen-bond donors (Lipinski definition) is 0. The zero-order chi connectivity index (χ0) is 27.6. The molecule has 0 amide bonds. The highest BCUT2D eigenvalue weighted by Crippen LogP contribution is 2.61. The molecule has 5 nitrogen and oxygen atoms in total. The Morgan fingerprint density at radius 3 is 2.32 bits per heavy atom. The maximum atomic E-state index is 9.92. The Hall–Kier alpha value is -5.60. The normalized spacial score (nSPS) is 15.7. The van der Waals surface area contributed by atoms with Crippen LogP contribution in [0.3, 0.4) is 0 Å². The highest BCUT2D eigenvalue weighted by atomic mass is 16.5. The van der Waals surface area contributed by atoms with Crippen LogP contribution >= 0.6 is 0 Å². The van der Waals surface area contributed by atoms with Crippen molar-refractivity contribution in [2.45, 2.75) is 12.3 Å². The van der Waals surface area contributed by atoms with E-state index in [-0.39, 0.29) is 0 Å². The Bertz CT molecular complexity index is 1990.